The number of rotatable bonds is 7. The second-order valence-electron chi connectivity index (χ2n) is 5.94. The number of aromatic nitrogens is 1. The van der Waals surface area contributed by atoms with Crippen molar-refractivity contribution in [3.63, 3.8) is 0 Å². The minimum atomic E-state index is -3.61. The Kier molecular flexibility index (Phi) is 6.39. The Balaban J connectivity index is 1.85. The molecule has 0 atom stereocenters. The number of anilines is 1. The van der Waals surface area contributed by atoms with Gasteiger partial charge in [0.15, 0.2) is 4.34 Å². The highest BCUT2D eigenvalue weighted by Gasteiger charge is 2.22. The third-order valence-electron chi connectivity index (χ3n) is 4.24. The van der Waals surface area contributed by atoms with Crippen molar-refractivity contribution in [2.24, 2.45) is 0 Å². The van der Waals surface area contributed by atoms with Crippen LogP contribution >= 0.6 is 23.1 Å². The monoisotopic (exact) mass is 435 g/mol. The molecule has 0 bridgehead atoms. The van der Waals surface area contributed by atoms with E-state index in [-0.39, 0.29) is 10.8 Å². The smallest absolute Gasteiger partial charge is 0.255 e. The third-order valence-corrected chi connectivity index (χ3v) is 8.29. The van der Waals surface area contributed by atoms with Gasteiger partial charge in [-0.05, 0) is 42.7 Å². The van der Waals surface area contributed by atoms with E-state index in [2.05, 4.69) is 10.3 Å². The van der Waals surface area contributed by atoms with Crippen molar-refractivity contribution in [3.8, 4) is 0 Å². The maximum Gasteiger partial charge on any atom is 0.255 e. The zero-order valence-electron chi connectivity index (χ0n) is 15.8. The lowest BCUT2D eigenvalue weighted by molar-refractivity contribution is 0.102. The van der Waals surface area contributed by atoms with Crippen LogP contribution < -0.4 is 5.32 Å². The lowest BCUT2D eigenvalue weighted by Gasteiger charge is -2.18. The molecule has 1 heterocycles. The summed E-state index contributed by atoms with van der Waals surface area (Å²) in [7, 11) is -3.61. The number of thioether (sulfide) groups is 1. The highest BCUT2D eigenvalue weighted by molar-refractivity contribution is 8.00. The number of thiazole rings is 1. The topological polar surface area (TPSA) is 79.4 Å². The van der Waals surface area contributed by atoms with E-state index in [4.69, 9.17) is 0 Å². The molecule has 0 unspecified atom stereocenters. The van der Waals surface area contributed by atoms with Crippen LogP contribution in [0.25, 0.3) is 10.2 Å². The highest BCUT2D eigenvalue weighted by Crippen LogP contribution is 2.30. The van der Waals surface area contributed by atoms with Gasteiger partial charge in [-0.25, -0.2) is 13.4 Å². The summed E-state index contributed by atoms with van der Waals surface area (Å²) in [4.78, 5) is 17.3. The number of fused-ring (bicyclic) bond motifs is 1. The Hall–Kier alpha value is -1.94. The first kappa shape index (κ1) is 20.8. The second kappa shape index (κ2) is 8.60. The van der Waals surface area contributed by atoms with Crippen LogP contribution in [0.2, 0.25) is 0 Å². The van der Waals surface area contributed by atoms with Crippen LogP contribution in [0, 0.1) is 0 Å². The Morgan fingerprint density at radius 3 is 2.61 bits per heavy atom. The minimum absolute atomic E-state index is 0.117. The molecule has 0 fully saturated rings. The van der Waals surface area contributed by atoms with E-state index in [1.807, 2.05) is 18.4 Å². The summed E-state index contributed by atoms with van der Waals surface area (Å²) < 4.78 is 28.7. The Morgan fingerprint density at radius 2 is 1.93 bits per heavy atom. The average molecular weight is 436 g/mol. The number of hydrogen-bond donors (Lipinski definition) is 1. The van der Waals surface area contributed by atoms with Crippen LogP contribution in [0.4, 0.5) is 5.69 Å². The van der Waals surface area contributed by atoms with Gasteiger partial charge in [-0.2, -0.15) is 4.31 Å². The van der Waals surface area contributed by atoms with E-state index in [1.165, 1.54) is 16.4 Å². The van der Waals surface area contributed by atoms with Crippen molar-refractivity contribution >= 4 is 54.9 Å². The number of nitrogens with zero attached hydrogens (tertiary/aromatic N) is 2. The lowest BCUT2D eigenvalue weighted by Crippen LogP contribution is -2.30. The number of hydrogen-bond acceptors (Lipinski definition) is 6. The summed E-state index contributed by atoms with van der Waals surface area (Å²) in [5, 5.41) is 2.84. The second-order valence-corrected chi connectivity index (χ2v) is 9.96. The van der Waals surface area contributed by atoms with Crippen LogP contribution in [-0.4, -0.2) is 43.0 Å². The van der Waals surface area contributed by atoms with Gasteiger partial charge >= 0.3 is 0 Å². The normalized spacial score (nSPS) is 11.9. The largest absolute Gasteiger partial charge is 0.322 e. The maximum absolute atomic E-state index is 12.7. The highest BCUT2D eigenvalue weighted by atomic mass is 32.2. The molecule has 0 saturated heterocycles. The van der Waals surface area contributed by atoms with Gasteiger partial charge in [-0.3, -0.25) is 4.79 Å². The maximum atomic E-state index is 12.7. The predicted octanol–water partition coefficient (Wildman–Crippen LogP) is 4.30. The molecule has 1 N–H and O–H groups in total. The number of amides is 1. The molecule has 0 aliphatic rings. The molecule has 148 valence electrons. The number of carbonyl (C=O) groups excluding carboxylic acids is 1. The van der Waals surface area contributed by atoms with Gasteiger partial charge in [0.05, 0.1) is 15.1 Å². The van der Waals surface area contributed by atoms with E-state index in [9.17, 15) is 13.2 Å². The Bertz CT molecular complexity index is 1110. The van der Waals surface area contributed by atoms with E-state index in [0.717, 1.165) is 14.6 Å². The molecule has 6 nitrogen and oxygen atoms in total. The Morgan fingerprint density at radius 1 is 1.18 bits per heavy atom. The SMILES string of the molecule is CCN(CC)S(=O)(=O)c1cccc(C(=O)Nc2ccc3nc(SC)sc3c2)c1. The fraction of sp³-hybridized carbons (Fsp3) is 0.263. The fourth-order valence-corrected chi connectivity index (χ4v) is 5.82. The van der Waals surface area contributed by atoms with Crippen molar-refractivity contribution in [2.45, 2.75) is 23.1 Å². The third kappa shape index (κ3) is 4.22. The standard InChI is InChI=1S/C19H21N3O3S3/c1-4-22(5-2)28(24,25)15-8-6-7-13(11-15)18(23)20-14-9-10-16-17(12-14)27-19(21-16)26-3/h6-12H,4-5H2,1-3H3,(H,20,23). The molecular formula is C19H21N3O3S3. The average Bonchev–Trinajstić information content (AvgIpc) is 3.11. The van der Waals surface area contributed by atoms with E-state index < -0.39 is 10.0 Å². The molecule has 1 aromatic heterocycles. The zero-order chi connectivity index (χ0) is 20.3. The summed E-state index contributed by atoms with van der Waals surface area (Å²) in [6, 6.07) is 11.7. The minimum Gasteiger partial charge on any atom is -0.322 e. The first-order chi connectivity index (χ1) is 13.4. The van der Waals surface area contributed by atoms with Gasteiger partial charge < -0.3 is 5.32 Å². The summed E-state index contributed by atoms with van der Waals surface area (Å²) in [5.74, 6) is -0.356. The molecule has 0 saturated carbocycles. The first-order valence-corrected chi connectivity index (χ1v) is 12.2. The zero-order valence-corrected chi connectivity index (χ0v) is 18.2. The molecule has 1 amide bonds. The van der Waals surface area contributed by atoms with Gasteiger partial charge in [0, 0.05) is 24.3 Å². The number of carbonyl (C=O) groups is 1. The van der Waals surface area contributed by atoms with Gasteiger partial charge in [0.25, 0.3) is 5.91 Å². The van der Waals surface area contributed by atoms with Crippen LogP contribution in [0.15, 0.2) is 51.7 Å². The van der Waals surface area contributed by atoms with Crippen LogP contribution in [-0.2, 0) is 10.0 Å². The molecule has 0 aliphatic carbocycles. The van der Waals surface area contributed by atoms with Crippen molar-refractivity contribution in [3.05, 3.63) is 48.0 Å². The van der Waals surface area contributed by atoms with E-state index >= 15 is 0 Å². The first-order valence-electron chi connectivity index (χ1n) is 8.75. The number of nitrogens with one attached hydrogen (secondary N) is 1. The fourth-order valence-electron chi connectivity index (χ4n) is 2.78. The molecule has 0 spiro atoms. The summed E-state index contributed by atoms with van der Waals surface area (Å²) in [5.41, 5.74) is 1.83. The summed E-state index contributed by atoms with van der Waals surface area (Å²) >= 11 is 3.14. The van der Waals surface area contributed by atoms with Crippen molar-refractivity contribution in [2.75, 3.05) is 24.7 Å². The van der Waals surface area contributed by atoms with Crippen LogP contribution in [0.1, 0.15) is 24.2 Å². The molecule has 2 aromatic carbocycles. The Labute approximate surface area is 173 Å². The summed E-state index contributed by atoms with van der Waals surface area (Å²) in [6.45, 7) is 4.33. The van der Waals surface area contributed by atoms with Gasteiger partial charge in [-0.15, -0.1) is 11.3 Å². The molecule has 3 aromatic rings. The molecular weight excluding hydrogens is 414 g/mol. The van der Waals surface area contributed by atoms with E-state index in [0.29, 0.717) is 24.3 Å². The van der Waals surface area contributed by atoms with Crippen LogP contribution in [0.3, 0.4) is 0 Å². The van der Waals surface area contributed by atoms with Gasteiger partial charge in [-0.1, -0.05) is 31.7 Å². The van der Waals surface area contributed by atoms with E-state index in [1.54, 1.807) is 55.1 Å². The van der Waals surface area contributed by atoms with Crippen LogP contribution in [0.5, 0.6) is 0 Å². The van der Waals surface area contributed by atoms with Crippen molar-refractivity contribution < 1.29 is 13.2 Å². The van der Waals surface area contributed by atoms with Gasteiger partial charge in [0.1, 0.15) is 0 Å². The predicted molar refractivity (Wildman–Crippen MR) is 116 cm³/mol. The molecule has 0 radical (unpaired) electrons. The van der Waals surface area contributed by atoms with Gasteiger partial charge in [0.2, 0.25) is 10.0 Å². The quantitative estimate of drug-likeness (QED) is 0.560. The lowest BCUT2D eigenvalue weighted by atomic mass is 10.2. The molecule has 0 aliphatic heterocycles. The molecule has 3 rings (SSSR count). The number of sulfonamides is 1. The summed E-state index contributed by atoms with van der Waals surface area (Å²) in [6.07, 6.45) is 1.97. The number of benzene rings is 2. The molecule has 28 heavy (non-hydrogen) atoms. The van der Waals surface area contributed by atoms with Crippen molar-refractivity contribution in [1.29, 1.82) is 0 Å². The van der Waals surface area contributed by atoms with Crippen molar-refractivity contribution in [1.82, 2.24) is 9.29 Å². The molecule has 9 heteroatoms.